The zero-order valence-corrected chi connectivity index (χ0v) is 25.7. The van der Waals surface area contributed by atoms with Crippen LogP contribution in [0.4, 0.5) is 23.0 Å². The third kappa shape index (κ3) is 6.87. The van der Waals surface area contributed by atoms with Crippen molar-refractivity contribution in [2.24, 2.45) is 5.73 Å². The third-order valence-electron chi connectivity index (χ3n) is 8.96. The fourth-order valence-corrected chi connectivity index (χ4v) is 6.32. The number of methoxy groups -OCH3 is 1. The fourth-order valence-electron chi connectivity index (χ4n) is 6.32. The van der Waals surface area contributed by atoms with Gasteiger partial charge in [-0.3, -0.25) is 14.7 Å². The number of likely N-dealkylation sites (N-methyl/N-ethyl adjacent to an activating group) is 1. The minimum absolute atomic E-state index is 0.0476. The Labute approximate surface area is 258 Å². The molecule has 12 nitrogen and oxygen atoms in total. The number of nitrogens with two attached hydrogens (primary N) is 1. The van der Waals surface area contributed by atoms with Crippen LogP contribution >= 0.6 is 0 Å². The molecule has 44 heavy (non-hydrogen) atoms. The summed E-state index contributed by atoms with van der Waals surface area (Å²) in [5, 5.41) is 6.85. The summed E-state index contributed by atoms with van der Waals surface area (Å²) in [7, 11) is 3.78. The van der Waals surface area contributed by atoms with Gasteiger partial charge in [0.1, 0.15) is 11.4 Å². The number of aromatic nitrogens is 3. The van der Waals surface area contributed by atoms with Gasteiger partial charge < -0.3 is 35.6 Å². The SMILES string of the molecule is COc1cnccc1-c1nc(C(N)=O)c(Nc2ccc(N3CCC(N4CCN(C)CC4)CC3)cc2)nc1NC1CCOCC1. The van der Waals surface area contributed by atoms with Gasteiger partial charge in [0, 0.05) is 87.7 Å². The van der Waals surface area contributed by atoms with E-state index in [1.807, 2.05) is 12.1 Å². The monoisotopic (exact) mass is 601 g/mol. The molecule has 3 saturated heterocycles. The number of ether oxygens (including phenoxy) is 2. The number of nitrogens with zero attached hydrogens (tertiary/aromatic N) is 6. The minimum atomic E-state index is -0.674. The van der Waals surface area contributed by atoms with E-state index in [1.165, 1.54) is 31.6 Å². The van der Waals surface area contributed by atoms with Crippen molar-refractivity contribution in [3.63, 3.8) is 0 Å². The van der Waals surface area contributed by atoms with Crippen LogP contribution in [0.3, 0.4) is 0 Å². The zero-order valence-electron chi connectivity index (χ0n) is 25.7. The summed E-state index contributed by atoms with van der Waals surface area (Å²) in [6.45, 7) is 8.08. The number of carbonyl (C=O) groups is 1. The number of rotatable bonds is 9. The molecule has 0 bridgehead atoms. The average Bonchev–Trinajstić information content (AvgIpc) is 3.06. The van der Waals surface area contributed by atoms with Crippen LogP contribution in [0.25, 0.3) is 11.3 Å². The van der Waals surface area contributed by atoms with E-state index in [0.29, 0.717) is 47.9 Å². The van der Waals surface area contributed by atoms with E-state index in [2.05, 4.69) is 49.5 Å². The largest absolute Gasteiger partial charge is 0.494 e. The van der Waals surface area contributed by atoms with Crippen molar-refractivity contribution in [1.29, 1.82) is 0 Å². The Morgan fingerprint density at radius 2 is 1.68 bits per heavy atom. The number of hydrogen-bond acceptors (Lipinski definition) is 11. The lowest BCUT2D eigenvalue weighted by Gasteiger charge is -2.42. The molecule has 0 atom stereocenters. The molecule has 0 spiro atoms. The van der Waals surface area contributed by atoms with Crippen LogP contribution in [0.15, 0.2) is 42.7 Å². The normalized spacial score (nSPS) is 19.1. The fraction of sp³-hybridized carbons (Fsp3) is 0.500. The molecule has 6 rings (SSSR count). The quantitative estimate of drug-likeness (QED) is 0.334. The molecule has 4 N–H and O–H groups in total. The number of nitrogens with one attached hydrogen (secondary N) is 2. The number of pyridine rings is 1. The van der Waals surface area contributed by atoms with Crippen molar-refractivity contribution in [3.8, 4) is 17.0 Å². The van der Waals surface area contributed by atoms with E-state index in [1.54, 1.807) is 25.6 Å². The Morgan fingerprint density at radius 3 is 2.36 bits per heavy atom. The first-order chi connectivity index (χ1) is 21.5. The molecule has 3 aromatic rings. The van der Waals surface area contributed by atoms with Crippen LogP contribution in [-0.4, -0.2) is 109 Å². The number of piperidine rings is 1. The summed E-state index contributed by atoms with van der Waals surface area (Å²) in [5.74, 6) is 0.682. The summed E-state index contributed by atoms with van der Waals surface area (Å²) in [4.78, 5) is 34.0. The first kappa shape index (κ1) is 30.0. The van der Waals surface area contributed by atoms with Gasteiger partial charge in [0.25, 0.3) is 5.91 Å². The molecule has 3 aliphatic heterocycles. The van der Waals surface area contributed by atoms with E-state index in [9.17, 15) is 4.79 Å². The second kappa shape index (κ2) is 13.7. The summed E-state index contributed by atoms with van der Waals surface area (Å²) < 4.78 is 11.1. The Bertz CT molecular complexity index is 1410. The van der Waals surface area contributed by atoms with Crippen molar-refractivity contribution >= 4 is 28.9 Å². The van der Waals surface area contributed by atoms with E-state index >= 15 is 0 Å². The molecular weight excluding hydrogens is 558 g/mol. The maximum Gasteiger partial charge on any atom is 0.271 e. The summed E-state index contributed by atoms with van der Waals surface area (Å²) in [6, 6.07) is 10.9. The molecule has 1 amide bonds. The first-order valence-corrected chi connectivity index (χ1v) is 15.6. The first-order valence-electron chi connectivity index (χ1n) is 15.6. The molecule has 3 fully saturated rings. The molecule has 1 aromatic carbocycles. The number of benzene rings is 1. The second-order valence-corrected chi connectivity index (χ2v) is 11.8. The van der Waals surface area contributed by atoms with Crippen LogP contribution < -0.4 is 26.0 Å². The predicted octanol–water partition coefficient (Wildman–Crippen LogP) is 3.20. The lowest BCUT2D eigenvalue weighted by molar-refractivity contribution is 0.0904. The van der Waals surface area contributed by atoms with Crippen LogP contribution in [0.2, 0.25) is 0 Å². The van der Waals surface area contributed by atoms with Gasteiger partial charge in [-0.2, -0.15) is 0 Å². The molecule has 5 heterocycles. The number of piperazine rings is 1. The highest BCUT2D eigenvalue weighted by Gasteiger charge is 2.27. The van der Waals surface area contributed by atoms with Crippen molar-refractivity contribution < 1.29 is 14.3 Å². The summed E-state index contributed by atoms with van der Waals surface area (Å²) in [6.07, 6.45) is 7.30. The Morgan fingerprint density at radius 1 is 0.955 bits per heavy atom. The molecule has 0 unspecified atom stereocenters. The van der Waals surface area contributed by atoms with Crippen LogP contribution in [0.1, 0.15) is 36.2 Å². The molecular formula is C32H43N9O3. The summed E-state index contributed by atoms with van der Waals surface area (Å²) in [5.41, 5.74) is 9.02. The second-order valence-electron chi connectivity index (χ2n) is 11.8. The number of anilines is 4. The molecule has 3 aliphatic rings. The number of primary amides is 1. The van der Waals surface area contributed by atoms with E-state index in [0.717, 1.165) is 44.7 Å². The van der Waals surface area contributed by atoms with Crippen LogP contribution in [0.5, 0.6) is 5.75 Å². The van der Waals surface area contributed by atoms with Gasteiger partial charge in [0.15, 0.2) is 17.3 Å². The standard InChI is InChI=1S/C32H43N9O3/c1-39-15-17-41(18-16-39)25-8-13-40(14-9-25)24-5-3-22(4-6-24)35-32-29(30(33)42)37-28(26-7-12-34-21-27(26)43-2)31(38-32)36-23-10-19-44-20-11-23/h3-7,12,21,23,25H,8-11,13-20H2,1-2H3,(H2,33,42)(H2,35,36,38). The maximum absolute atomic E-state index is 12.7. The Hall–Kier alpha value is -4.00. The zero-order chi connectivity index (χ0) is 30.5. The van der Waals surface area contributed by atoms with Crippen LogP contribution in [0, 0.1) is 0 Å². The average molecular weight is 602 g/mol. The molecule has 0 aliphatic carbocycles. The van der Waals surface area contributed by atoms with Crippen molar-refractivity contribution in [3.05, 3.63) is 48.4 Å². The topological polar surface area (TPSA) is 134 Å². The number of amides is 1. The highest BCUT2D eigenvalue weighted by molar-refractivity contribution is 5.98. The third-order valence-corrected chi connectivity index (χ3v) is 8.96. The smallest absolute Gasteiger partial charge is 0.271 e. The van der Waals surface area contributed by atoms with Gasteiger partial charge in [-0.05, 0) is 63.1 Å². The van der Waals surface area contributed by atoms with Gasteiger partial charge in [0.05, 0.1) is 13.3 Å². The van der Waals surface area contributed by atoms with E-state index < -0.39 is 5.91 Å². The predicted molar refractivity (Wildman–Crippen MR) is 172 cm³/mol. The maximum atomic E-state index is 12.7. The van der Waals surface area contributed by atoms with E-state index in [-0.39, 0.29) is 11.7 Å². The Balaban J connectivity index is 1.21. The van der Waals surface area contributed by atoms with Crippen molar-refractivity contribution in [2.45, 2.75) is 37.8 Å². The van der Waals surface area contributed by atoms with Gasteiger partial charge >= 0.3 is 0 Å². The molecule has 234 valence electrons. The lowest BCUT2D eigenvalue weighted by Crippen LogP contribution is -2.52. The molecule has 0 saturated carbocycles. The van der Waals surface area contributed by atoms with Crippen molar-refractivity contribution in [1.82, 2.24) is 24.8 Å². The van der Waals surface area contributed by atoms with Gasteiger partial charge in [0.2, 0.25) is 0 Å². The van der Waals surface area contributed by atoms with Crippen molar-refractivity contribution in [2.75, 3.05) is 82.2 Å². The Kier molecular flexibility index (Phi) is 9.39. The molecule has 12 heteroatoms. The number of hydrogen-bond donors (Lipinski definition) is 3. The highest BCUT2D eigenvalue weighted by atomic mass is 16.5. The van der Waals surface area contributed by atoms with Gasteiger partial charge in [-0.15, -0.1) is 0 Å². The van der Waals surface area contributed by atoms with Gasteiger partial charge in [-0.1, -0.05) is 0 Å². The molecule has 0 radical (unpaired) electrons. The van der Waals surface area contributed by atoms with Crippen LogP contribution in [-0.2, 0) is 4.74 Å². The van der Waals surface area contributed by atoms with Gasteiger partial charge in [-0.25, -0.2) is 9.97 Å². The van der Waals surface area contributed by atoms with E-state index in [4.69, 9.17) is 25.2 Å². The summed E-state index contributed by atoms with van der Waals surface area (Å²) >= 11 is 0. The molecule has 2 aromatic heterocycles. The minimum Gasteiger partial charge on any atom is -0.494 e. The lowest BCUT2D eigenvalue weighted by atomic mass is 10.0. The number of carbonyl (C=O) groups excluding carboxylic acids is 1. The highest BCUT2D eigenvalue weighted by Crippen LogP contribution is 2.35.